The standard InChI is InChI=1S/C14H25N3O2S2/c1-15-9-13-8-14(11-20-13)21(18,19)17-6-4-12(5-7-17)10-16(2)3/h8,11-12,15H,4-7,9-10H2,1-3H3. The van der Waals surface area contributed by atoms with Crippen LogP contribution in [0, 0.1) is 5.92 Å². The molecule has 0 aromatic carbocycles. The van der Waals surface area contributed by atoms with Gasteiger partial charge in [0.15, 0.2) is 0 Å². The van der Waals surface area contributed by atoms with E-state index in [0.717, 1.165) is 24.3 Å². The first-order valence-corrected chi connectivity index (χ1v) is 9.62. The Balaban J connectivity index is 2.00. The molecule has 0 aliphatic carbocycles. The molecule has 0 atom stereocenters. The van der Waals surface area contributed by atoms with Gasteiger partial charge >= 0.3 is 0 Å². The molecule has 0 spiro atoms. The SMILES string of the molecule is CNCc1cc(S(=O)(=O)N2CCC(CN(C)C)CC2)cs1. The second kappa shape index (κ2) is 7.19. The summed E-state index contributed by atoms with van der Waals surface area (Å²) in [6, 6.07) is 1.79. The van der Waals surface area contributed by atoms with E-state index < -0.39 is 10.0 Å². The van der Waals surface area contributed by atoms with Crippen molar-refractivity contribution in [3.8, 4) is 0 Å². The van der Waals surface area contributed by atoms with E-state index in [2.05, 4.69) is 24.3 Å². The fourth-order valence-corrected chi connectivity index (χ4v) is 5.50. The van der Waals surface area contributed by atoms with Crippen LogP contribution in [0.3, 0.4) is 0 Å². The first kappa shape index (κ1) is 16.9. The van der Waals surface area contributed by atoms with Gasteiger partial charge in [0.2, 0.25) is 10.0 Å². The molecule has 120 valence electrons. The van der Waals surface area contributed by atoms with Crippen molar-refractivity contribution in [1.29, 1.82) is 0 Å². The highest BCUT2D eigenvalue weighted by Crippen LogP contribution is 2.27. The van der Waals surface area contributed by atoms with Crippen molar-refractivity contribution in [2.24, 2.45) is 5.92 Å². The molecule has 0 unspecified atom stereocenters. The predicted octanol–water partition coefficient (Wildman–Crippen LogP) is 1.43. The van der Waals surface area contributed by atoms with Crippen LogP contribution < -0.4 is 5.32 Å². The van der Waals surface area contributed by atoms with Crippen molar-refractivity contribution in [1.82, 2.24) is 14.5 Å². The van der Waals surface area contributed by atoms with Crippen LogP contribution in [0.4, 0.5) is 0 Å². The molecule has 21 heavy (non-hydrogen) atoms. The summed E-state index contributed by atoms with van der Waals surface area (Å²) < 4.78 is 26.9. The number of nitrogens with one attached hydrogen (secondary N) is 1. The van der Waals surface area contributed by atoms with E-state index in [1.807, 2.05) is 7.05 Å². The molecular formula is C14H25N3O2S2. The largest absolute Gasteiger partial charge is 0.315 e. The predicted molar refractivity (Wildman–Crippen MR) is 87.1 cm³/mol. The lowest BCUT2D eigenvalue weighted by Crippen LogP contribution is -2.40. The van der Waals surface area contributed by atoms with Gasteiger partial charge in [-0.15, -0.1) is 11.3 Å². The van der Waals surface area contributed by atoms with E-state index >= 15 is 0 Å². The number of hydrogen-bond donors (Lipinski definition) is 1. The third kappa shape index (κ3) is 4.26. The molecule has 7 heteroatoms. The zero-order chi connectivity index (χ0) is 15.5. The molecule has 0 bridgehead atoms. The highest BCUT2D eigenvalue weighted by Gasteiger charge is 2.30. The zero-order valence-electron chi connectivity index (χ0n) is 13.0. The lowest BCUT2D eigenvalue weighted by atomic mass is 9.98. The molecule has 1 N–H and O–H groups in total. The van der Waals surface area contributed by atoms with E-state index in [9.17, 15) is 8.42 Å². The van der Waals surface area contributed by atoms with Crippen LogP contribution in [0.2, 0.25) is 0 Å². The molecule has 2 rings (SSSR count). The fraction of sp³-hybridized carbons (Fsp3) is 0.714. The maximum atomic E-state index is 12.6. The second-order valence-corrected chi connectivity index (χ2v) is 8.82. The molecule has 0 saturated carbocycles. The zero-order valence-corrected chi connectivity index (χ0v) is 14.6. The van der Waals surface area contributed by atoms with E-state index in [-0.39, 0.29) is 0 Å². The fourth-order valence-electron chi connectivity index (χ4n) is 2.76. The molecule has 1 aliphatic rings. The monoisotopic (exact) mass is 331 g/mol. The average Bonchev–Trinajstić information content (AvgIpc) is 2.88. The van der Waals surface area contributed by atoms with Gasteiger partial charge in [-0.3, -0.25) is 0 Å². The Bertz CT molecular complexity index is 546. The Kier molecular flexibility index (Phi) is 5.79. The van der Waals surface area contributed by atoms with Crippen LogP contribution in [-0.4, -0.2) is 58.4 Å². The molecule has 2 heterocycles. The molecule has 5 nitrogen and oxygen atoms in total. The maximum Gasteiger partial charge on any atom is 0.243 e. The molecule has 1 saturated heterocycles. The van der Waals surface area contributed by atoms with Crippen LogP contribution in [0.15, 0.2) is 16.3 Å². The Morgan fingerprint density at radius 3 is 2.62 bits per heavy atom. The normalized spacial score (nSPS) is 18.5. The Morgan fingerprint density at radius 1 is 1.38 bits per heavy atom. The Morgan fingerprint density at radius 2 is 2.05 bits per heavy atom. The van der Waals surface area contributed by atoms with Gasteiger partial charge in [-0.25, -0.2) is 8.42 Å². The summed E-state index contributed by atoms with van der Waals surface area (Å²) >= 11 is 1.50. The van der Waals surface area contributed by atoms with Crippen LogP contribution in [0.1, 0.15) is 17.7 Å². The van der Waals surface area contributed by atoms with Gasteiger partial charge in [-0.05, 0) is 46.0 Å². The summed E-state index contributed by atoms with van der Waals surface area (Å²) in [5, 5.41) is 4.81. The van der Waals surface area contributed by atoms with E-state index in [1.54, 1.807) is 15.8 Å². The minimum atomic E-state index is -3.31. The van der Waals surface area contributed by atoms with Gasteiger partial charge in [0.25, 0.3) is 0 Å². The van der Waals surface area contributed by atoms with Crippen molar-refractivity contribution < 1.29 is 8.42 Å². The molecule has 1 aromatic heterocycles. The second-order valence-electron chi connectivity index (χ2n) is 5.89. The Labute approximate surface area is 132 Å². The first-order chi connectivity index (χ1) is 9.93. The average molecular weight is 332 g/mol. The van der Waals surface area contributed by atoms with Gasteiger partial charge in [-0.2, -0.15) is 4.31 Å². The van der Waals surface area contributed by atoms with E-state index in [1.165, 1.54) is 11.3 Å². The summed E-state index contributed by atoms with van der Waals surface area (Å²) in [5.41, 5.74) is 0. The van der Waals surface area contributed by atoms with Gasteiger partial charge in [0.05, 0.1) is 4.90 Å². The number of rotatable bonds is 6. The van der Waals surface area contributed by atoms with Crippen LogP contribution >= 0.6 is 11.3 Å². The lowest BCUT2D eigenvalue weighted by Gasteiger charge is -2.32. The molecule has 0 radical (unpaired) electrons. The maximum absolute atomic E-state index is 12.6. The Hall–Kier alpha value is -0.470. The molecule has 0 amide bonds. The number of sulfonamides is 1. The van der Waals surface area contributed by atoms with Crippen LogP contribution in [0.5, 0.6) is 0 Å². The molecule has 1 fully saturated rings. The highest BCUT2D eigenvalue weighted by molar-refractivity contribution is 7.89. The molecular weight excluding hydrogens is 306 g/mol. The minimum Gasteiger partial charge on any atom is -0.315 e. The van der Waals surface area contributed by atoms with Gasteiger partial charge in [0, 0.05) is 36.4 Å². The van der Waals surface area contributed by atoms with Gasteiger partial charge < -0.3 is 10.2 Å². The quantitative estimate of drug-likeness (QED) is 0.857. The van der Waals surface area contributed by atoms with Crippen molar-refractivity contribution in [2.45, 2.75) is 24.3 Å². The van der Waals surface area contributed by atoms with E-state index in [4.69, 9.17) is 0 Å². The summed E-state index contributed by atoms with van der Waals surface area (Å²) in [6.07, 6.45) is 1.90. The number of nitrogens with zero attached hydrogens (tertiary/aromatic N) is 2. The number of piperidine rings is 1. The summed E-state index contributed by atoms with van der Waals surface area (Å²) in [6.45, 7) is 3.03. The smallest absolute Gasteiger partial charge is 0.243 e. The van der Waals surface area contributed by atoms with E-state index in [0.29, 0.717) is 30.4 Å². The third-order valence-electron chi connectivity index (χ3n) is 3.82. The van der Waals surface area contributed by atoms with Crippen molar-refractivity contribution in [3.63, 3.8) is 0 Å². The van der Waals surface area contributed by atoms with Crippen molar-refractivity contribution in [3.05, 3.63) is 16.3 Å². The first-order valence-electron chi connectivity index (χ1n) is 7.30. The summed E-state index contributed by atoms with van der Waals surface area (Å²) in [4.78, 5) is 3.68. The molecule has 1 aliphatic heterocycles. The summed E-state index contributed by atoms with van der Waals surface area (Å²) in [7, 11) is 2.69. The van der Waals surface area contributed by atoms with Gasteiger partial charge in [0.1, 0.15) is 0 Å². The minimum absolute atomic E-state index is 0.448. The van der Waals surface area contributed by atoms with Crippen LogP contribution in [-0.2, 0) is 16.6 Å². The number of hydrogen-bond acceptors (Lipinski definition) is 5. The lowest BCUT2D eigenvalue weighted by molar-refractivity contribution is 0.225. The third-order valence-corrected chi connectivity index (χ3v) is 6.78. The molecule has 1 aromatic rings. The summed E-state index contributed by atoms with van der Waals surface area (Å²) in [5.74, 6) is 0.605. The highest BCUT2D eigenvalue weighted by atomic mass is 32.2. The van der Waals surface area contributed by atoms with Crippen molar-refractivity contribution in [2.75, 3.05) is 40.8 Å². The topological polar surface area (TPSA) is 52.7 Å². The van der Waals surface area contributed by atoms with Gasteiger partial charge in [-0.1, -0.05) is 0 Å². The van der Waals surface area contributed by atoms with Crippen LogP contribution in [0.25, 0.3) is 0 Å². The van der Waals surface area contributed by atoms with Crippen molar-refractivity contribution >= 4 is 21.4 Å². The number of thiophene rings is 1.